The van der Waals surface area contributed by atoms with Crippen LogP contribution >= 0.6 is 34.5 Å². The van der Waals surface area contributed by atoms with Crippen molar-refractivity contribution >= 4 is 34.5 Å². The lowest BCUT2D eigenvalue weighted by Gasteiger charge is -1.93. The van der Waals surface area contributed by atoms with Crippen molar-refractivity contribution in [3.05, 3.63) is 45.8 Å². The van der Waals surface area contributed by atoms with Crippen LogP contribution in [0.1, 0.15) is 0 Å². The van der Waals surface area contributed by atoms with Crippen LogP contribution < -0.4 is 0 Å². The van der Waals surface area contributed by atoms with E-state index in [4.69, 9.17) is 27.7 Å². The molecule has 0 fully saturated rings. The maximum atomic E-state index is 6.02. The van der Waals surface area contributed by atoms with Crippen LogP contribution in [0.15, 0.2) is 40.2 Å². The Kier molecular flexibility index (Phi) is 3.07. The molecule has 0 atom stereocenters. The van der Waals surface area contributed by atoms with Crippen molar-refractivity contribution in [2.75, 3.05) is 0 Å². The van der Waals surface area contributed by atoms with Crippen LogP contribution in [-0.2, 0) is 0 Å². The zero-order chi connectivity index (χ0) is 12.5. The van der Waals surface area contributed by atoms with Gasteiger partial charge in [0.1, 0.15) is 4.88 Å². The summed E-state index contributed by atoms with van der Waals surface area (Å²) in [6.07, 6.45) is 0. The fourth-order valence-corrected chi connectivity index (χ4v) is 2.66. The number of aromatic nitrogens is 2. The van der Waals surface area contributed by atoms with Crippen molar-refractivity contribution in [1.82, 2.24) is 10.1 Å². The Bertz CT molecular complexity index is 675. The van der Waals surface area contributed by atoms with Crippen LogP contribution in [0.25, 0.3) is 22.2 Å². The molecule has 0 aliphatic heterocycles. The Morgan fingerprint density at radius 3 is 2.50 bits per heavy atom. The van der Waals surface area contributed by atoms with Crippen LogP contribution in [0.2, 0.25) is 10.0 Å². The SMILES string of the molecule is Clc1ccc(-c2noc(-c3sccc3Cl)n2)cc1. The van der Waals surface area contributed by atoms with Crippen LogP contribution in [0, 0.1) is 0 Å². The van der Waals surface area contributed by atoms with E-state index < -0.39 is 0 Å². The molecule has 0 radical (unpaired) electrons. The highest BCUT2D eigenvalue weighted by molar-refractivity contribution is 7.14. The van der Waals surface area contributed by atoms with E-state index >= 15 is 0 Å². The van der Waals surface area contributed by atoms with Gasteiger partial charge in [0.25, 0.3) is 5.89 Å². The van der Waals surface area contributed by atoms with Gasteiger partial charge >= 0.3 is 0 Å². The molecule has 0 spiro atoms. The highest BCUT2D eigenvalue weighted by Gasteiger charge is 2.14. The predicted molar refractivity (Wildman–Crippen MR) is 73.1 cm³/mol. The fraction of sp³-hybridized carbons (Fsp3) is 0. The molecule has 0 amide bonds. The summed E-state index contributed by atoms with van der Waals surface area (Å²) in [5.41, 5.74) is 0.849. The topological polar surface area (TPSA) is 38.9 Å². The van der Waals surface area contributed by atoms with Gasteiger partial charge in [0, 0.05) is 10.6 Å². The minimum Gasteiger partial charge on any atom is -0.333 e. The Morgan fingerprint density at radius 2 is 1.83 bits per heavy atom. The number of thiophene rings is 1. The van der Waals surface area contributed by atoms with Crippen molar-refractivity contribution in [2.24, 2.45) is 0 Å². The molecule has 18 heavy (non-hydrogen) atoms. The molecule has 3 rings (SSSR count). The Labute approximate surface area is 117 Å². The third-order valence-electron chi connectivity index (χ3n) is 2.34. The molecule has 0 aliphatic carbocycles. The highest BCUT2D eigenvalue weighted by atomic mass is 35.5. The standard InChI is InChI=1S/C12H6Cl2N2OS/c13-8-3-1-7(2-4-8)11-15-12(17-16-11)10-9(14)5-6-18-10/h1-6H. The quantitative estimate of drug-likeness (QED) is 0.683. The lowest BCUT2D eigenvalue weighted by atomic mass is 10.2. The lowest BCUT2D eigenvalue weighted by Crippen LogP contribution is -1.79. The first-order valence-corrected chi connectivity index (χ1v) is 6.70. The molecule has 90 valence electrons. The van der Waals surface area contributed by atoms with Gasteiger partial charge in [-0.1, -0.05) is 28.4 Å². The molecule has 6 heteroatoms. The Morgan fingerprint density at radius 1 is 1.06 bits per heavy atom. The predicted octanol–water partition coefficient (Wildman–Crippen LogP) is 4.77. The van der Waals surface area contributed by atoms with Gasteiger partial charge in [-0.25, -0.2) is 0 Å². The molecule has 0 N–H and O–H groups in total. The Balaban J connectivity index is 1.99. The molecule has 0 bridgehead atoms. The van der Waals surface area contributed by atoms with Crippen LogP contribution in [0.5, 0.6) is 0 Å². The molecule has 0 saturated heterocycles. The van der Waals surface area contributed by atoms with E-state index in [-0.39, 0.29) is 0 Å². The average molecular weight is 297 g/mol. The second-order valence-electron chi connectivity index (χ2n) is 3.53. The summed E-state index contributed by atoms with van der Waals surface area (Å²) in [5.74, 6) is 0.950. The highest BCUT2D eigenvalue weighted by Crippen LogP contribution is 2.33. The van der Waals surface area contributed by atoms with Crippen molar-refractivity contribution in [2.45, 2.75) is 0 Å². The molecule has 3 aromatic rings. The van der Waals surface area contributed by atoms with Gasteiger partial charge in [-0.05, 0) is 35.7 Å². The second-order valence-corrected chi connectivity index (χ2v) is 5.29. The Hall–Kier alpha value is -1.36. The van der Waals surface area contributed by atoms with E-state index in [1.165, 1.54) is 11.3 Å². The van der Waals surface area contributed by atoms with Gasteiger partial charge in [-0.15, -0.1) is 11.3 Å². The van der Waals surface area contributed by atoms with Gasteiger partial charge in [0.2, 0.25) is 5.82 Å². The van der Waals surface area contributed by atoms with E-state index in [1.54, 1.807) is 18.2 Å². The van der Waals surface area contributed by atoms with E-state index in [0.717, 1.165) is 10.4 Å². The summed E-state index contributed by atoms with van der Waals surface area (Å²) in [6, 6.07) is 9.05. The normalized spacial score (nSPS) is 10.8. The number of hydrogen-bond acceptors (Lipinski definition) is 4. The van der Waals surface area contributed by atoms with Crippen LogP contribution in [0.4, 0.5) is 0 Å². The smallest absolute Gasteiger partial charge is 0.269 e. The second kappa shape index (κ2) is 4.72. The minimum atomic E-state index is 0.431. The summed E-state index contributed by atoms with van der Waals surface area (Å²) < 4.78 is 5.21. The van der Waals surface area contributed by atoms with Crippen molar-refractivity contribution in [1.29, 1.82) is 0 Å². The summed E-state index contributed by atoms with van der Waals surface area (Å²) in [6.45, 7) is 0. The number of hydrogen-bond donors (Lipinski definition) is 0. The van der Waals surface area contributed by atoms with Gasteiger partial charge in [-0.3, -0.25) is 0 Å². The van der Waals surface area contributed by atoms with Gasteiger partial charge in [-0.2, -0.15) is 4.98 Å². The van der Waals surface area contributed by atoms with Crippen molar-refractivity contribution in [3.63, 3.8) is 0 Å². The lowest BCUT2D eigenvalue weighted by molar-refractivity contribution is 0.433. The van der Waals surface area contributed by atoms with Crippen molar-refractivity contribution in [3.8, 4) is 22.2 Å². The van der Waals surface area contributed by atoms with Gasteiger partial charge < -0.3 is 4.52 Å². The minimum absolute atomic E-state index is 0.431. The summed E-state index contributed by atoms with van der Waals surface area (Å²) in [7, 11) is 0. The molecule has 0 unspecified atom stereocenters. The molecule has 2 heterocycles. The largest absolute Gasteiger partial charge is 0.333 e. The molecule has 1 aromatic carbocycles. The number of rotatable bonds is 2. The first-order chi connectivity index (χ1) is 8.74. The summed E-state index contributed by atoms with van der Waals surface area (Å²) >= 11 is 13.3. The van der Waals surface area contributed by atoms with Crippen LogP contribution in [0.3, 0.4) is 0 Å². The van der Waals surface area contributed by atoms with Crippen LogP contribution in [-0.4, -0.2) is 10.1 Å². The fourth-order valence-electron chi connectivity index (χ4n) is 1.48. The summed E-state index contributed by atoms with van der Waals surface area (Å²) in [5, 5.41) is 7.10. The molecule has 2 aromatic heterocycles. The van der Waals surface area contributed by atoms with E-state index in [2.05, 4.69) is 10.1 Å². The number of benzene rings is 1. The number of nitrogens with zero attached hydrogens (tertiary/aromatic N) is 2. The van der Waals surface area contributed by atoms with E-state index in [1.807, 2.05) is 17.5 Å². The monoisotopic (exact) mass is 296 g/mol. The molecule has 0 aliphatic rings. The first-order valence-electron chi connectivity index (χ1n) is 5.07. The van der Waals surface area contributed by atoms with Gasteiger partial charge in [0.15, 0.2) is 0 Å². The van der Waals surface area contributed by atoms with E-state index in [0.29, 0.717) is 21.8 Å². The third-order valence-corrected chi connectivity index (χ3v) is 3.92. The molecular formula is C12H6Cl2N2OS. The third kappa shape index (κ3) is 2.14. The van der Waals surface area contributed by atoms with Crippen molar-refractivity contribution < 1.29 is 4.52 Å². The van der Waals surface area contributed by atoms with Gasteiger partial charge in [0.05, 0.1) is 5.02 Å². The maximum Gasteiger partial charge on any atom is 0.269 e. The zero-order valence-electron chi connectivity index (χ0n) is 8.93. The first kappa shape index (κ1) is 11.7. The average Bonchev–Trinajstić information content (AvgIpc) is 2.98. The number of halogens is 2. The molecule has 3 nitrogen and oxygen atoms in total. The molecular weight excluding hydrogens is 291 g/mol. The van der Waals surface area contributed by atoms with E-state index in [9.17, 15) is 0 Å². The molecule has 0 saturated carbocycles. The maximum absolute atomic E-state index is 6.02. The summed E-state index contributed by atoms with van der Waals surface area (Å²) in [4.78, 5) is 5.10. The zero-order valence-corrected chi connectivity index (χ0v) is 11.3.